The highest BCUT2D eigenvalue weighted by molar-refractivity contribution is 6.30. The molecule has 2 rings (SSSR count). The van der Waals surface area contributed by atoms with Gasteiger partial charge < -0.3 is 5.32 Å². The zero-order valence-electron chi connectivity index (χ0n) is 11.5. The second-order valence-electron chi connectivity index (χ2n) is 6.34. The van der Waals surface area contributed by atoms with E-state index in [1.54, 1.807) is 18.2 Å². The second-order valence-corrected chi connectivity index (χ2v) is 6.75. The zero-order chi connectivity index (χ0) is 13.6. The summed E-state index contributed by atoms with van der Waals surface area (Å²) in [6.07, 6.45) is 0. The maximum Gasteiger partial charge on any atom is 0.146 e. The van der Waals surface area contributed by atoms with Crippen LogP contribution < -0.4 is 5.32 Å². The molecule has 0 saturated heterocycles. The monoisotopic (exact) mass is 269 g/mol. The molecular weight excluding hydrogens is 249 g/mol. The number of hydrogen-bond donors (Lipinski definition) is 1. The number of nitrogens with one attached hydrogen (secondary N) is 1. The van der Waals surface area contributed by atoms with Crippen LogP contribution in [0.25, 0.3) is 0 Å². The summed E-state index contributed by atoms with van der Waals surface area (Å²) in [6.45, 7) is 10.6. The molecule has 100 valence electrons. The van der Waals surface area contributed by atoms with Gasteiger partial charge in [0.05, 0.1) is 5.02 Å². The Kier molecular flexibility index (Phi) is 3.46. The average molecular weight is 270 g/mol. The molecule has 3 heteroatoms. The van der Waals surface area contributed by atoms with Crippen LogP contribution in [0.15, 0.2) is 18.2 Å². The SMILES string of the molecule is CC1(C)C(CNCc2cccc(Cl)c2F)C1(C)C. The highest BCUT2D eigenvalue weighted by Gasteiger charge is 2.63. The first-order valence-electron chi connectivity index (χ1n) is 6.42. The Bertz CT molecular complexity index is 440. The van der Waals surface area contributed by atoms with Gasteiger partial charge in [-0.15, -0.1) is 0 Å². The predicted molar refractivity (Wildman–Crippen MR) is 74.2 cm³/mol. The largest absolute Gasteiger partial charge is 0.312 e. The first kappa shape index (κ1) is 13.8. The molecule has 18 heavy (non-hydrogen) atoms. The van der Waals surface area contributed by atoms with Crippen LogP contribution >= 0.6 is 11.6 Å². The van der Waals surface area contributed by atoms with Gasteiger partial charge in [-0.2, -0.15) is 0 Å². The molecule has 1 aliphatic carbocycles. The normalized spacial score (nSPS) is 21.0. The minimum atomic E-state index is -0.305. The van der Waals surface area contributed by atoms with E-state index < -0.39 is 0 Å². The number of hydrogen-bond acceptors (Lipinski definition) is 1. The molecule has 0 spiro atoms. The third kappa shape index (κ3) is 2.17. The Morgan fingerprint density at radius 1 is 1.22 bits per heavy atom. The summed E-state index contributed by atoms with van der Waals surface area (Å²) in [7, 11) is 0. The maximum atomic E-state index is 13.7. The van der Waals surface area contributed by atoms with Crippen molar-refractivity contribution in [3.8, 4) is 0 Å². The molecule has 0 aliphatic heterocycles. The Hall–Kier alpha value is -0.600. The highest BCUT2D eigenvalue weighted by Crippen LogP contribution is 2.67. The van der Waals surface area contributed by atoms with Gasteiger partial charge in [0.1, 0.15) is 5.82 Å². The van der Waals surface area contributed by atoms with Crippen molar-refractivity contribution < 1.29 is 4.39 Å². The van der Waals surface area contributed by atoms with Gasteiger partial charge in [-0.1, -0.05) is 51.4 Å². The standard InChI is InChI=1S/C15H21ClFN/c1-14(2)12(15(14,3)4)9-18-8-10-6-5-7-11(16)13(10)17/h5-7,12,18H,8-9H2,1-4H3. The molecule has 0 atom stereocenters. The van der Waals surface area contributed by atoms with E-state index in [0.29, 0.717) is 28.9 Å². The maximum absolute atomic E-state index is 13.7. The van der Waals surface area contributed by atoms with E-state index in [-0.39, 0.29) is 10.8 Å². The lowest BCUT2D eigenvalue weighted by Gasteiger charge is -2.08. The Balaban J connectivity index is 1.89. The van der Waals surface area contributed by atoms with E-state index in [0.717, 1.165) is 6.54 Å². The third-order valence-corrected chi connectivity index (χ3v) is 5.31. The molecule has 1 aromatic carbocycles. The third-order valence-electron chi connectivity index (χ3n) is 5.02. The molecule has 0 radical (unpaired) electrons. The summed E-state index contributed by atoms with van der Waals surface area (Å²) in [5, 5.41) is 3.54. The van der Waals surface area contributed by atoms with Crippen LogP contribution in [-0.2, 0) is 6.54 Å². The van der Waals surface area contributed by atoms with Crippen molar-refractivity contribution in [1.29, 1.82) is 0 Å². The van der Waals surface area contributed by atoms with E-state index in [4.69, 9.17) is 11.6 Å². The highest BCUT2D eigenvalue weighted by atomic mass is 35.5. The van der Waals surface area contributed by atoms with Gasteiger partial charge in [0, 0.05) is 12.1 Å². The van der Waals surface area contributed by atoms with Gasteiger partial charge in [-0.25, -0.2) is 4.39 Å². The van der Waals surface area contributed by atoms with Gasteiger partial charge in [-0.05, 0) is 29.4 Å². The minimum Gasteiger partial charge on any atom is -0.312 e. The predicted octanol–water partition coefficient (Wildman–Crippen LogP) is 4.25. The first-order chi connectivity index (χ1) is 8.28. The van der Waals surface area contributed by atoms with Crippen LogP contribution in [0, 0.1) is 22.6 Å². The van der Waals surface area contributed by atoms with Gasteiger partial charge >= 0.3 is 0 Å². The molecule has 1 aromatic rings. The Morgan fingerprint density at radius 2 is 1.83 bits per heavy atom. The van der Waals surface area contributed by atoms with E-state index in [1.807, 2.05) is 0 Å². The summed E-state index contributed by atoms with van der Waals surface area (Å²) in [6, 6.07) is 5.14. The van der Waals surface area contributed by atoms with Crippen molar-refractivity contribution in [3.05, 3.63) is 34.6 Å². The fourth-order valence-corrected chi connectivity index (χ4v) is 3.07. The van der Waals surface area contributed by atoms with Crippen molar-refractivity contribution in [2.24, 2.45) is 16.7 Å². The van der Waals surface area contributed by atoms with Crippen LogP contribution in [0.2, 0.25) is 5.02 Å². The summed E-state index contributed by atoms with van der Waals surface area (Å²) in [5.74, 6) is 0.341. The van der Waals surface area contributed by atoms with E-state index in [1.165, 1.54) is 0 Å². The average Bonchev–Trinajstić information content (AvgIpc) is 2.66. The van der Waals surface area contributed by atoms with Crippen molar-refractivity contribution in [2.75, 3.05) is 6.54 Å². The molecule has 0 unspecified atom stereocenters. The van der Waals surface area contributed by atoms with Gasteiger partial charge in [0.2, 0.25) is 0 Å². The van der Waals surface area contributed by atoms with E-state index in [9.17, 15) is 4.39 Å². The second kappa shape index (κ2) is 4.50. The lowest BCUT2D eigenvalue weighted by molar-refractivity contribution is 0.457. The van der Waals surface area contributed by atoms with E-state index >= 15 is 0 Å². The van der Waals surface area contributed by atoms with Crippen molar-refractivity contribution in [3.63, 3.8) is 0 Å². The van der Waals surface area contributed by atoms with Crippen LogP contribution in [-0.4, -0.2) is 6.54 Å². The quantitative estimate of drug-likeness (QED) is 0.862. The summed E-state index contributed by atoms with van der Waals surface area (Å²) >= 11 is 5.76. The number of halogens is 2. The molecule has 1 aliphatic rings. The van der Waals surface area contributed by atoms with Gasteiger partial charge in [0.15, 0.2) is 0 Å². The van der Waals surface area contributed by atoms with Crippen molar-refractivity contribution in [2.45, 2.75) is 34.2 Å². The summed E-state index contributed by atoms with van der Waals surface area (Å²) in [4.78, 5) is 0. The summed E-state index contributed by atoms with van der Waals surface area (Å²) < 4.78 is 13.7. The molecule has 0 amide bonds. The molecule has 1 N–H and O–H groups in total. The smallest absolute Gasteiger partial charge is 0.146 e. The van der Waals surface area contributed by atoms with Crippen molar-refractivity contribution >= 4 is 11.6 Å². The molecule has 0 aromatic heterocycles. The molecular formula is C15H21ClFN. The molecule has 1 fully saturated rings. The lowest BCUT2D eigenvalue weighted by atomic mass is 10.0. The number of rotatable bonds is 4. The van der Waals surface area contributed by atoms with Gasteiger partial charge in [0.25, 0.3) is 0 Å². The molecule has 0 bridgehead atoms. The first-order valence-corrected chi connectivity index (χ1v) is 6.80. The Labute approximate surface area is 114 Å². The van der Waals surface area contributed by atoms with Gasteiger partial charge in [-0.3, -0.25) is 0 Å². The molecule has 1 saturated carbocycles. The van der Waals surface area contributed by atoms with E-state index in [2.05, 4.69) is 33.0 Å². The Morgan fingerprint density at radius 3 is 2.39 bits per heavy atom. The van der Waals surface area contributed by atoms with Crippen LogP contribution in [0.3, 0.4) is 0 Å². The fraction of sp³-hybridized carbons (Fsp3) is 0.600. The molecule has 1 nitrogen and oxygen atoms in total. The van der Waals surface area contributed by atoms with Crippen molar-refractivity contribution in [1.82, 2.24) is 5.32 Å². The van der Waals surface area contributed by atoms with Crippen LogP contribution in [0.5, 0.6) is 0 Å². The topological polar surface area (TPSA) is 12.0 Å². The number of benzene rings is 1. The fourth-order valence-electron chi connectivity index (χ4n) is 2.88. The molecule has 0 heterocycles. The van der Waals surface area contributed by atoms with Crippen LogP contribution in [0.1, 0.15) is 33.3 Å². The zero-order valence-corrected chi connectivity index (χ0v) is 12.2. The minimum absolute atomic E-state index is 0.196. The summed E-state index contributed by atoms with van der Waals surface area (Å²) in [5.41, 5.74) is 1.37. The lowest BCUT2D eigenvalue weighted by Crippen LogP contribution is -2.19. The van der Waals surface area contributed by atoms with Crippen LogP contribution in [0.4, 0.5) is 4.39 Å².